The molecule has 1 atom stereocenters. The highest BCUT2D eigenvalue weighted by molar-refractivity contribution is 6.31. The van der Waals surface area contributed by atoms with Crippen LogP contribution in [0.3, 0.4) is 0 Å². The van der Waals surface area contributed by atoms with Gasteiger partial charge in [0, 0.05) is 18.2 Å². The standard InChI is InChI=1S/C12H14ClF4N/c1-8(3-2-6-12(15,16)17)18-9-4-5-11(14)10(13)7-9/h4-5,7-8,18H,2-3,6H2,1H3. The molecule has 1 nitrogen and oxygen atoms in total. The quantitative estimate of drug-likeness (QED) is 0.749. The molecule has 1 unspecified atom stereocenters. The summed E-state index contributed by atoms with van der Waals surface area (Å²) in [5.74, 6) is -0.521. The van der Waals surface area contributed by atoms with Crippen molar-refractivity contribution in [3.63, 3.8) is 0 Å². The second kappa shape index (κ2) is 6.27. The lowest BCUT2D eigenvalue weighted by atomic mass is 10.1. The van der Waals surface area contributed by atoms with E-state index in [1.54, 1.807) is 6.92 Å². The zero-order valence-electron chi connectivity index (χ0n) is 9.82. The van der Waals surface area contributed by atoms with Gasteiger partial charge in [-0.3, -0.25) is 0 Å². The molecule has 0 bridgehead atoms. The van der Waals surface area contributed by atoms with E-state index in [9.17, 15) is 17.6 Å². The van der Waals surface area contributed by atoms with Crippen molar-refractivity contribution in [3.8, 4) is 0 Å². The highest BCUT2D eigenvalue weighted by Crippen LogP contribution is 2.24. The molecule has 0 fully saturated rings. The predicted octanol–water partition coefficient (Wildman–Crippen LogP) is 5.01. The van der Waals surface area contributed by atoms with Crippen LogP contribution >= 0.6 is 11.6 Å². The number of nitrogens with one attached hydrogen (secondary N) is 1. The molecule has 0 amide bonds. The van der Waals surface area contributed by atoms with Crippen molar-refractivity contribution < 1.29 is 17.6 Å². The number of alkyl halides is 3. The maximum atomic E-state index is 12.9. The van der Waals surface area contributed by atoms with Crippen LogP contribution in [0.2, 0.25) is 5.02 Å². The van der Waals surface area contributed by atoms with Gasteiger partial charge in [0.15, 0.2) is 0 Å². The van der Waals surface area contributed by atoms with Crippen molar-refractivity contribution in [1.29, 1.82) is 0 Å². The third-order valence-corrected chi connectivity index (χ3v) is 2.72. The summed E-state index contributed by atoms with van der Waals surface area (Å²) in [5, 5.41) is 2.97. The van der Waals surface area contributed by atoms with Gasteiger partial charge in [-0.2, -0.15) is 13.2 Å². The zero-order chi connectivity index (χ0) is 13.8. The molecule has 0 saturated heterocycles. The van der Waals surface area contributed by atoms with Crippen molar-refractivity contribution in [2.24, 2.45) is 0 Å². The zero-order valence-corrected chi connectivity index (χ0v) is 10.6. The van der Waals surface area contributed by atoms with E-state index in [0.29, 0.717) is 12.1 Å². The minimum Gasteiger partial charge on any atom is -0.383 e. The summed E-state index contributed by atoms with van der Waals surface area (Å²) < 4.78 is 48.7. The van der Waals surface area contributed by atoms with Gasteiger partial charge in [0.1, 0.15) is 5.82 Å². The third kappa shape index (κ3) is 5.58. The molecule has 102 valence electrons. The van der Waals surface area contributed by atoms with Gasteiger partial charge in [-0.15, -0.1) is 0 Å². The lowest BCUT2D eigenvalue weighted by Gasteiger charge is -2.16. The summed E-state index contributed by atoms with van der Waals surface area (Å²) in [6.45, 7) is 1.77. The first kappa shape index (κ1) is 15.1. The second-order valence-corrected chi connectivity index (χ2v) is 4.59. The van der Waals surface area contributed by atoms with Crippen LogP contribution in [0.1, 0.15) is 26.2 Å². The van der Waals surface area contributed by atoms with Gasteiger partial charge < -0.3 is 5.32 Å². The number of hydrogen-bond acceptors (Lipinski definition) is 1. The molecular formula is C12H14ClF4N. The van der Waals surface area contributed by atoms with E-state index in [2.05, 4.69) is 5.32 Å². The molecule has 0 heterocycles. The van der Waals surface area contributed by atoms with Crippen molar-refractivity contribution in [2.75, 3.05) is 5.32 Å². The Labute approximate surface area is 108 Å². The second-order valence-electron chi connectivity index (χ2n) is 4.18. The van der Waals surface area contributed by atoms with E-state index < -0.39 is 18.4 Å². The fourth-order valence-electron chi connectivity index (χ4n) is 1.55. The summed E-state index contributed by atoms with van der Waals surface area (Å²) in [4.78, 5) is 0. The van der Waals surface area contributed by atoms with Crippen LogP contribution < -0.4 is 5.32 Å². The lowest BCUT2D eigenvalue weighted by Crippen LogP contribution is -2.16. The summed E-state index contributed by atoms with van der Waals surface area (Å²) in [7, 11) is 0. The Bertz CT molecular complexity index is 392. The smallest absolute Gasteiger partial charge is 0.383 e. The highest BCUT2D eigenvalue weighted by Gasteiger charge is 2.26. The minimum atomic E-state index is -4.11. The molecular weight excluding hydrogens is 270 g/mol. The predicted molar refractivity (Wildman–Crippen MR) is 64.4 cm³/mol. The molecule has 0 aliphatic heterocycles. The number of benzene rings is 1. The molecule has 0 spiro atoms. The molecule has 1 N–H and O–H groups in total. The van der Waals surface area contributed by atoms with Crippen LogP contribution in [-0.4, -0.2) is 12.2 Å². The maximum Gasteiger partial charge on any atom is 0.389 e. The van der Waals surface area contributed by atoms with Crippen molar-refractivity contribution >= 4 is 17.3 Å². The van der Waals surface area contributed by atoms with Gasteiger partial charge in [0.05, 0.1) is 5.02 Å². The van der Waals surface area contributed by atoms with Crippen molar-refractivity contribution in [3.05, 3.63) is 29.0 Å². The van der Waals surface area contributed by atoms with Crippen LogP contribution in [-0.2, 0) is 0 Å². The summed E-state index contributed by atoms with van der Waals surface area (Å²) in [6, 6.07) is 4.00. The fraction of sp³-hybridized carbons (Fsp3) is 0.500. The number of anilines is 1. The molecule has 0 radical (unpaired) electrons. The van der Waals surface area contributed by atoms with Crippen molar-refractivity contribution in [1.82, 2.24) is 0 Å². The normalized spacial score (nSPS) is 13.4. The van der Waals surface area contributed by atoms with Gasteiger partial charge in [0.25, 0.3) is 0 Å². The number of rotatable bonds is 5. The summed E-state index contributed by atoms with van der Waals surface area (Å²) in [6.07, 6.45) is -4.46. The topological polar surface area (TPSA) is 12.0 Å². The molecule has 0 saturated carbocycles. The van der Waals surface area contributed by atoms with Crippen LogP contribution in [0.15, 0.2) is 18.2 Å². The van der Waals surface area contributed by atoms with Crippen molar-refractivity contribution in [2.45, 2.75) is 38.4 Å². The van der Waals surface area contributed by atoms with Gasteiger partial charge in [-0.25, -0.2) is 4.39 Å². The van der Waals surface area contributed by atoms with Crippen LogP contribution in [0.25, 0.3) is 0 Å². The molecule has 1 rings (SSSR count). The van der Waals surface area contributed by atoms with Crippen LogP contribution in [0, 0.1) is 5.82 Å². The molecule has 1 aromatic carbocycles. The van der Waals surface area contributed by atoms with Gasteiger partial charge in [-0.05, 0) is 38.0 Å². The molecule has 18 heavy (non-hydrogen) atoms. The highest BCUT2D eigenvalue weighted by atomic mass is 35.5. The Kier molecular flexibility index (Phi) is 5.26. The van der Waals surface area contributed by atoms with E-state index in [0.717, 1.165) is 0 Å². The van der Waals surface area contributed by atoms with E-state index >= 15 is 0 Å². The minimum absolute atomic E-state index is 0.0116. The maximum absolute atomic E-state index is 12.9. The van der Waals surface area contributed by atoms with E-state index in [-0.39, 0.29) is 17.5 Å². The summed E-state index contributed by atoms with van der Waals surface area (Å²) >= 11 is 5.60. The first-order valence-corrected chi connectivity index (χ1v) is 5.94. The van der Waals surface area contributed by atoms with Gasteiger partial charge >= 0.3 is 6.18 Å². The largest absolute Gasteiger partial charge is 0.389 e. The monoisotopic (exact) mass is 283 g/mol. The Morgan fingerprint density at radius 2 is 2.00 bits per heavy atom. The van der Waals surface area contributed by atoms with E-state index in [1.807, 2.05) is 0 Å². The molecule has 0 aliphatic carbocycles. The van der Waals surface area contributed by atoms with Gasteiger partial charge in [0.2, 0.25) is 0 Å². The van der Waals surface area contributed by atoms with Gasteiger partial charge in [-0.1, -0.05) is 11.6 Å². The average molecular weight is 284 g/mol. The first-order chi connectivity index (χ1) is 8.28. The Balaban J connectivity index is 2.40. The number of hydrogen-bond donors (Lipinski definition) is 1. The Morgan fingerprint density at radius 3 is 2.56 bits per heavy atom. The Hall–Kier alpha value is -0.970. The fourth-order valence-corrected chi connectivity index (χ4v) is 1.73. The van der Waals surface area contributed by atoms with Crippen LogP contribution in [0.4, 0.5) is 23.2 Å². The summed E-state index contributed by atoms with van der Waals surface area (Å²) in [5.41, 5.74) is 0.598. The van der Waals surface area contributed by atoms with Crippen LogP contribution in [0.5, 0.6) is 0 Å². The van der Waals surface area contributed by atoms with E-state index in [4.69, 9.17) is 11.6 Å². The first-order valence-electron chi connectivity index (χ1n) is 5.56. The molecule has 0 aliphatic rings. The molecule has 1 aromatic rings. The lowest BCUT2D eigenvalue weighted by molar-refractivity contribution is -0.135. The Morgan fingerprint density at radius 1 is 1.33 bits per heavy atom. The van der Waals surface area contributed by atoms with E-state index in [1.165, 1.54) is 18.2 Å². The average Bonchev–Trinajstić information content (AvgIpc) is 2.21. The SMILES string of the molecule is CC(CCCC(F)(F)F)Nc1ccc(F)c(Cl)c1. The third-order valence-electron chi connectivity index (χ3n) is 2.43. The molecule has 6 heteroatoms. The molecule has 0 aromatic heterocycles. The number of halogens is 5.